The van der Waals surface area contributed by atoms with Crippen LogP contribution in [-0.2, 0) is 0 Å². The summed E-state index contributed by atoms with van der Waals surface area (Å²) < 4.78 is 0. The van der Waals surface area contributed by atoms with Gasteiger partial charge in [0.1, 0.15) is 0 Å². The summed E-state index contributed by atoms with van der Waals surface area (Å²) in [6, 6.07) is 0. The van der Waals surface area contributed by atoms with Gasteiger partial charge in [-0.25, -0.2) is 4.98 Å². The molecule has 0 aromatic carbocycles. The average molecular weight is 184 g/mol. The van der Waals surface area contributed by atoms with Crippen molar-refractivity contribution in [2.24, 2.45) is 0 Å². The van der Waals surface area contributed by atoms with Gasteiger partial charge in [-0.15, -0.1) is 0 Å². The van der Waals surface area contributed by atoms with Crippen molar-refractivity contribution in [3.05, 3.63) is 12.4 Å². The smallest absolute Gasteiger partial charge is 0.165 e. The van der Waals surface area contributed by atoms with E-state index in [-0.39, 0.29) is 6.10 Å². The number of hydrogen-bond donors (Lipinski definition) is 2. The minimum Gasteiger partial charge on any atom is -0.392 e. The highest BCUT2D eigenvalue weighted by Gasteiger charge is 2.26. The van der Waals surface area contributed by atoms with Crippen molar-refractivity contribution in [3.63, 3.8) is 0 Å². The second-order valence-electron chi connectivity index (χ2n) is 3.05. The maximum absolute atomic E-state index is 9.53. The van der Waals surface area contributed by atoms with Gasteiger partial charge in [-0.1, -0.05) is 11.8 Å². The third kappa shape index (κ3) is 1.64. The molecule has 1 aliphatic rings. The molecule has 12 heavy (non-hydrogen) atoms. The molecule has 1 aliphatic carbocycles. The number of rotatable bonds is 2. The molecule has 3 nitrogen and oxygen atoms in total. The van der Waals surface area contributed by atoms with E-state index in [0.29, 0.717) is 5.25 Å². The van der Waals surface area contributed by atoms with E-state index < -0.39 is 0 Å². The third-order valence-corrected chi connectivity index (χ3v) is 3.45. The third-order valence-electron chi connectivity index (χ3n) is 2.15. The number of thioether (sulfide) groups is 1. The molecule has 4 heteroatoms. The van der Waals surface area contributed by atoms with E-state index in [1.165, 1.54) is 0 Å². The molecule has 2 rings (SSSR count). The summed E-state index contributed by atoms with van der Waals surface area (Å²) >= 11 is 1.65. The Labute approximate surface area is 75.6 Å². The van der Waals surface area contributed by atoms with Gasteiger partial charge in [-0.3, -0.25) is 0 Å². The van der Waals surface area contributed by atoms with Crippen molar-refractivity contribution in [1.82, 2.24) is 9.97 Å². The van der Waals surface area contributed by atoms with Crippen molar-refractivity contribution in [3.8, 4) is 0 Å². The van der Waals surface area contributed by atoms with E-state index in [2.05, 4.69) is 9.97 Å². The molecule has 1 fully saturated rings. The Morgan fingerprint density at radius 3 is 3.08 bits per heavy atom. The fourth-order valence-electron chi connectivity index (χ4n) is 1.50. The highest BCUT2D eigenvalue weighted by molar-refractivity contribution is 7.99. The van der Waals surface area contributed by atoms with Gasteiger partial charge in [0.25, 0.3) is 0 Å². The first kappa shape index (κ1) is 8.13. The summed E-state index contributed by atoms with van der Waals surface area (Å²) in [5.74, 6) is 0. The van der Waals surface area contributed by atoms with Crippen LogP contribution in [0, 0.1) is 0 Å². The van der Waals surface area contributed by atoms with Gasteiger partial charge in [0.15, 0.2) is 5.16 Å². The SMILES string of the molecule is O[C@H]1CCC[C@@H]1Sc1ncc[nH]1. The fraction of sp³-hybridized carbons (Fsp3) is 0.625. The minimum absolute atomic E-state index is 0.139. The Morgan fingerprint density at radius 2 is 2.50 bits per heavy atom. The lowest BCUT2D eigenvalue weighted by Crippen LogP contribution is -2.15. The molecule has 0 radical (unpaired) electrons. The Hall–Kier alpha value is -0.480. The Kier molecular flexibility index (Phi) is 2.37. The lowest BCUT2D eigenvalue weighted by Gasteiger charge is -2.10. The minimum atomic E-state index is -0.139. The van der Waals surface area contributed by atoms with E-state index in [0.717, 1.165) is 24.4 Å². The summed E-state index contributed by atoms with van der Waals surface area (Å²) in [6.07, 6.45) is 6.60. The number of imidazole rings is 1. The maximum atomic E-state index is 9.53. The van der Waals surface area contributed by atoms with Crippen molar-refractivity contribution in [2.75, 3.05) is 0 Å². The Morgan fingerprint density at radius 1 is 1.58 bits per heavy atom. The van der Waals surface area contributed by atoms with Crippen LogP contribution in [0.1, 0.15) is 19.3 Å². The zero-order valence-corrected chi connectivity index (χ0v) is 7.55. The average Bonchev–Trinajstić information content (AvgIpc) is 2.65. The molecule has 0 aliphatic heterocycles. The van der Waals surface area contributed by atoms with Crippen LogP contribution in [0.25, 0.3) is 0 Å². The highest BCUT2D eigenvalue weighted by Crippen LogP contribution is 2.32. The first-order valence-corrected chi connectivity index (χ1v) is 5.08. The van der Waals surface area contributed by atoms with Crippen LogP contribution in [0.4, 0.5) is 0 Å². The number of nitrogens with zero attached hydrogens (tertiary/aromatic N) is 1. The zero-order chi connectivity index (χ0) is 8.39. The lowest BCUT2D eigenvalue weighted by molar-refractivity contribution is 0.188. The number of H-pyrrole nitrogens is 1. The molecule has 1 aromatic rings. The molecule has 1 saturated carbocycles. The quantitative estimate of drug-likeness (QED) is 0.730. The number of aromatic amines is 1. The first-order chi connectivity index (χ1) is 5.86. The van der Waals surface area contributed by atoms with Gasteiger partial charge >= 0.3 is 0 Å². The molecule has 0 bridgehead atoms. The van der Waals surface area contributed by atoms with Crippen molar-refractivity contribution in [2.45, 2.75) is 35.8 Å². The number of hydrogen-bond acceptors (Lipinski definition) is 3. The normalized spacial score (nSPS) is 29.4. The molecule has 2 N–H and O–H groups in total. The second kappa shape index (κ2) is 3.49. The van der Waals surface area contributed by atoms with Crippen molar-refractivity contribution >= 4 is 11.8 Å². The van der Waals surface area contributed by atoms with E-state index in [1.54, 1.807) is 18.0 Å². The monoisotopic (exact) mass is 184 g/mol. The van der Waals surface area contributed by atoms with Gasteiger partial charge in [0.05, 0.1) is 6.10 Å². The van der Waals surface area contributed by atoms with Gasteiger partial charge in [0.2, 0.25) is 0 Å². The molecule has 0 saturated heterocycles. The predicted molar refractivity (Wildman–Crippen MR) is 48.1 cm³/mol. The Bertz CT molecular complexity index is 237. The summed E-state index contributed by atoms with van der Waals surface area (Å²) in [5.41, 5.74) is 0. The number of aromatic nitrogens is 2. The molecular weight excluding hydrogens is 172 g/mol. The standard InChI is InChI=1S/C8H12N2OS/c11-6-2-1-3-7(6)12-8-9-4-5-10-8/h4-7,11H,1-3H2,(H,9,10)/t6-,7-/m0/s1. The topological polar surface area (TPSA) is 48.9 Å². The number of aliphatic hydroxyl groups excluding tert-OH is 1. The van der Waals surface area contributed by atoms with Crippen LogP contribution in [0.5, 0.6) is 0 Å². The van der Waals surface area contributed by atoms with Crippen molar-refractivity contribution < 1.29 is 5.11 Å². The van der Waals surface area contributed by atoms with Crippen LogP contribution in [0.15, 0.2) is 17.6 Å². The maximum Gasteiger partial charge on any atom is 0.165 e. The molecule has 0 unspecified atom stereocenters. The van der Waals surface area contributed by atoms with E-state index in [4.69, 9.17) is 0 Å². The first-order valence-electron chi connectivity index (χ1n) is 4.20. The van der Waals surface area contributed by atoms with Crippen LogP contribution >= 0.6 is 11.8 Å². The largest absolute Gasteiger partial charge is 0.392 e. The van der Waals surface area contributed by atoms with Crippen LogP contribution in [0.2, 0.25) is 0 Å². The number of nitrogens with one attached hydrogen (secondary N) is 1. The molecule has 66 valence electrons. The summed E-state index contributed by atoms with van der Waals surface area (Å²) in [5, 5.41) is 10.8. The van der Waals surface area contributed by atoms with Crippen LogP contribution < -0.4 is 0 Å². The molecular formula is C8H12N2OS. The van der Waals surface area contributed by atoms with E-state index >= 15 is 0 Å². The zero-order valence-electron chi connectivity index (χ0n) is 6.73. The van der Waals surface area contributed by atoms with Crippen molar-refractivity contribution in [1.29, 1.82) is 0 Å². The van der Waals surface area contributed by atoms with E-state index in [9.17, 15) is 5.11 Å². The molecule has 2 atom stereocenters. The molecule has 0 amide bonds. The fourth-order valence-corrected chi connectivity index (χ4v) is 2.62. The second-order valence-corrected chi connectivity index (χ2v) is 4.28. The van der Waals surface area contributed by atoms with Gasteiger partial charge in [-0.05, 0) is 19.3 Å². The van der Waals surface area contributed by atoms with Gasteiger partial charge < -0.3 is 10.1 Å². The summed E-state index contributed by atoms with van der Waals surface area (Å²) in [6.45, 7) is 0. The van der Waals surface area contributed by atoms with Crippen LogP contribution in [0.3, 0.4) is 0 Å². The number of aliphatic hydroxyl groups is 1. The predicted octanol–water partition coefficient (Wildman–Crippen LogP) is 1.42. The van der Waals surface area contributed by atoms with Gasteiger partial charge in [0, 0.05) is 17.6 Å². The van der Waals surface area contributed by atoms with Gasteiger partial charge in [-0.2, -0.15) is 0 Å². The summed E-state index contributed by atoms with van der Waals surface area (Å²) in [7, 11) is 0. The highest BCUT2D eigenvalue weighted by atomic mass is 32.2. The molecule has 1 heterocycles. The molecule has 1 aromatic heterocycles. The van der Waals surface area contributed by atoms with Crippen LogP contribution in [-0.4, -0.2) is 26.4 Å². The Balaban J connectivity index is 1.95. The van der Waals surface area contributed by atoms with E-state index in [1.807, 2.05) is 6.20 Å². The summed E-state index contributed by atoms with van der Waals surface area (Å²) in [4.78, 5) is 7.14. The lowest BCUT2D eigenvalue weighted by atomic mass is 10.3. The molecule has 0 spiro atoms.